The second kappa shape index (κ2) is 12.2. The van der Waals surface area contributed by atoms with Crippen LogP contribution in [0.4, 0.5) is 9.39 Å². The summed E-state index contributed by atoms with van der Waals surface area (Å²) >= 11 is 7.31. The van der Waals surface area contributed by atoms with Gasteiger partial charge in [-0.25, -0.2) is 14.6 Å². The molecule has 1 aliphatic rings. The molecule has 2 amide bonds. The van der Waals surface area contributed by atoms with E-state index in [9.17, 15) is 18.8 Å². The van der Waals surface area contributed by atoms with E-state index < -0.39 is 23.6 Å². The lowest BCUT2D eigenvalue weighted by atomic mass is 10.1. The van der Waals surface area contributed by atoms with Gasteiger partial charge < -0.3 is 14.8 Å². The number of ether oxygens (including phenoxy) is 2. The minimum absolute atomic E-state index is 0.0335. The molecule has 0 radical (unpaired) electrons. The van der Waals surface area contributed by atoms with Crippen LogP contribution in [0.15, 0.2) is 47.6 Å². The zero-order chi connectivity index (χ0) is 27.2. The molecule has 0 fully saturated rings. The zero-order valence-corrected chi connectivity index (χ0v) is 22.3. The van der Waals surface area contributed by atoms with Gasteiger partial charge in [0.25, 0.3) is 0 Å². The maximum absolute atomic E-state index is 13.9. The molecule has 0 unspecified atom stereocenters. The molecule has 1 aromatic heterocycles. The Morgan fingerprint density at radius 2 is 1.87 bits per heavy atom. The van der Waals surface area contributed by atoms with Crippen molar-refractivity contribution in [2.24, 2.45) is 5.10 Å². The Hall–Kier alpha value is -3.76. The van der Waals surface area contributed by atoms with Crippen LogP contribution in [0, 0.1) is 5.82 Å². The first-order chi connectivity index (χ1) is 18.3. The quantitative estimate of drug-likeness (QED) is 0.170. The average Bonchev–Trinajstić information content (AvgIpc) is 3.48. The molecule has 2 N–H and O–H groups in total. The van der Waals surface area contributed by atoms with Gasteiger partial charge in [0, 0.05) is 10.4 Å². The summed E-state index contributed by atoms with van der Waals surface area (Å²) in [7, 11) is 0. The summed E-state index contributed by atoms with van der Waals surface area (Å²) in [6.45, 7) is 3.54. The van der Waals surface area contributed by atoms with Crippen molar-refractivity contribution in [1.29, 1.82) is 0 Å². The molecule has 38 heavy (non-hydrogen) atoms. The summed E-state index contributed by atoms with van der Waals surface area (Å²) in [5.74, 6) is -2.39. The number of esters is 1. The number of halogens is 2. The number of hydrogen-bond donors (Lipinski definition) is 2. The number of amides is 2. The van der Waals surface area contributed by atoms with Gasteiger partial charge in [0.1, 0.15) is 23.2 Å². The topological polar surface area (TPSA) is 106 Å². The first-order valence-electron chi connectivity index (χ1n) is 11.9. The summed E-state index contributed by atoms with van der Waals surface area (Å²) in [5, 5.41) is 7.12. The van der Waals surface area contributed by atoms with Crippen LogP contribution >= 0.6 is 22.9 Å². The van der Waals surface area contributed by atoms with Crippen molar-refractivity contribution in [2.45, 2.75) is 39.7 Å². The molecular weight excluding hydrogens is 533 g/mol. The lowest BCUT2D eigenvalue weighted by Gasteiger charge is -2.10. The van der Waals surface area contributed by atoms with Crippen molar-refractivity contribution >= 4 is 51.4 Å². The van der Waals surface area contributed by atoms with Crippen LogP contribution < -0.4 is 15.5 Å². The molecule has 8 nitrogen and oxygen atoms in total. The molecular formula is C27H25ClFN3O5S. The van der Waals surface area contributed by atoms with E-state index in [0.29, 0.717) is 27.6 Å². The smallest absolute Gasteiger partial charge is 0.341 e. The van der Waals surface area contributed by atoms with Crippen LogP contribution in [-0.2, 0) is 33.8 Å². The van der Waals surface area contributed by atoms with E-state index in [-0.39, 0.29) is 23.8 Å². The van der Waals surface area contributed by atoms with E-state index in [0.717, 1.165) is 29.7 Å². The molecule has 11 heteroatoms. The van der Waals surface area contributed by atoms with E-state index in [2.05, 4.69) is 15.8 Å². The maximum Gasteiger partial charge on any atom is 0.341 e. The Morgan fingerprint density at radius 3 is 2.58 bits per heavy atom. The van der Waals surface area contributed by atoms with Gasteiger partial charge in [0.15, 0.2) is 0 Å². The fraction of sp³-hybridized carbons (Fsp3) is 0.259. The maximum atomic E-state index is 13.9. The number of hydrogen-bond acceptors (Lipinski definition) is 7. The Balaban J connectivity index is 1.35. The van der Waals surface area contributed by atoms with Crippen molar-refractivity contribution in [3.63, 3.8) is 0 Å². The van der Waals surface area contributed by atoms with E-state index in [1.807, 2.05) is 0 Å². The largest absolute Gasteiger partial charge is 0.489 e. The molecule has 198 valence electrons. The molecule has 3 aromatic rings. The Bertz CT molecular complexity index is 1380. The number of anilines is 1. The van der Waals surface area contributed by atoms with Crippen LogP contribution in [-0.4, -0.2) is 30.1 Å². The van der Waals surface area contributed by atoms with Gasteiger partial charge in [0.05, 0.1) is 22.9 Å². The van der Waals surface area contributed by atoms with E-state index in [4.69, 9.17) is 21.1 Å². The zero-order valence-electron chi connectivity index (χ0n) is 20.7. The normalized spacial score (nSPS) is 12.6. The number of fused-ring (bicyclic) bond motifs is 1. The fourth-order valence-electron chi connectivity index (χ4n) is 3.94. The Labute approximate surface area is 227 Å². The summed E-state index contributed by atoms with van der Waals surface area (Å²) in [6.07, 6.45) is 2.48. The number of benzene rings is 2. The lowest BCUT2D eigenvalue weighted by Crippen LogP contribution is -2.33. The second-order valence-electron chi connectivity index (χ2n) is 8.39. The van der Waals surface area contributed by atoms with Gasteiger partial charge in [-0.1, -0.05) is 17.7 Å². The third kappa shape index (κ3) is 6.20. The number of aryl methyl sites for hydroxylation is 1. The van der Waals surface area contributed by atoms with Gasteiger partial charge in [0.2, 0.25) is 0 Å². The van der Waals surface area contributed by atoms with Gasteiger partial charge in [-0.3, -0.25) is 9.59 Å². The lowest BCUT2D eigenvalue weighted by molar-refractivity contribution is -0.136. The number of rotatable bonds is 8. The van der Waals surface area contributed by atoms with Crippen molar-refractivity contribution in [3.8, 4) is 5.75 Å². The number of carbonyl (C=O) groups is 3. The predicted octanol–water partition coefficient (Wildman–Crippen LogP) is 5.26. The first-order valence-corrected chi connectivity index (χ1v) is 13.1. The van der Waals surface area contributed by atoms with Crippen LogP contribution in [0.1, 0.15) is 52.2 Å². The summed E-state index contributed by atoms with van der Waals surface area (Å²) in [5.41, 5.74) is 4.81. The molecule has 1 heterocycles. The Morgan fingerprint density at radius 1 is 1.11 bits per heavy atom. The summed E-state index contributed by atoms with van der Waals surface area (Å²) in [4.78, 5) is 38.4. The summed E-state index contributed by atoms with van der Waals surface area (Å²) in [6, 6.07) is 11.2. The highest BCUT2D eigenvalue weighted by molar-refractivity contribution is 7.17. The van der Waals surface area contributed by atoms with Crippen LogP contribution in [0.2, 0.25) is 5.02 Å². The van der Waals surface area contributed by atoms with Crippen molar-refractivity contribution in [1.82, 2.24) is 5.43 Å². The van der Waals surface area contributed by atoms with Crippen molar-refractivity contribution in [2.75, 3.05) is 11.9 Å². The number of nitrogens with one attached hydrogen (secondary N) is 2. The molecule has 0 spiro atoms. The average molecular weight is 558 g/mol. The van der Waals surface area contributed by atoms with Gasteiger partial charge in [-0.2, -0.15) is 5.10 Å². The minimum atomic E-state index is -0.977. The monoisotopic (exact) mass is 557 g/mol. The minimum Gasteiger partial charge on any atom is -0.489 e. The highest BCUT2D eigenvalue weighted by Crippen LogP contribution is 2.39. The van der Waals surface area contributed by atoms with Crippen LogP contribution in [0.3, 0.4) is 0 Å². The third-order valence-corrected chi connectivity index (χ3v) is 7.44. The molecule has 2 aromatic carbocycles. The number of carbonyl (C=O) groups excluding carboxylic acids is 3. The number of nitrogens with zero attached hydrogens (tertiary/aromatic N) is 1. The first kappa shape index (κ1) is 27.3. The van der Waals surface area contributed by atoms with Gasteiger partial charge in [-0.05, 0) is 80.6 Å². The summed E-state index contributed by atoms with van der Waals surface area (Å²) < 4.78 is 24.7. The highest BCUT2D eigenvalue weighted by Gasteiger charge is 2.29. The van der Waals surface area contributed by atoms with Crippen LogP contribution in [0.5, 0.6) is 5.75 Å². The number of thiophene rings is 1. The van der Waals surface area contributed by atoms with Crippen molar-refractivity contribution < 1.29 is 28.2 Å². The fourth-order valence-corrected chi connectivity index (χ4v) is 5.43. The van der Waals surface area contributed by atoms with E-state index >= 15 is 0 Å². The number of hydrazone groups is 1. The van der Waals surface area contributed by atoms with E-state index in [1.54, 1.807) is 44.2 Å². The standard InChI is InChI=1S/C27H25ClFN3O5S/c1-3-36-27(35)23-18-6-4-9-22(18)38-26(23)30-24(33)25(34)32-31-15(2)16-10-12-17(13-11-16)37-14-19-20(28)7-5-8-21(19)29/h5,7-8,10-13H,3-4,6,9,14H2,1-2H3,(H,30,33)(H,32,34)/b31-15+. The molecule has 0 aliphatic heterocycles. The van der Waals surface area contributed by atoms with Gasteiger partial charge >= 0.3 is 17.8 Å². The third-order valence-electron chi connectivity index (χ3n) is 5.88. The molecule has 0 bridgehead atoms. The van der Waals surface area contributed by atoms with Crippen molar-refractivity contribution in [3.05, 3.63) is 80.4 Å². The molecule has 0 atom stereocenters. The second-order valence-corrected chi connectivity index (χ2v) is 9.90. The highest BCUT2D eigenvalue weighted by atomic mass is 35.5. The van der Waals surface area contributed by atoms with E-state index in [1.165, 1.54) is 23.5 Å². The predicted molar refractivity (Wildman–Crippen MR) is 143 cm³/mol. The van der Waals surface area contributed by atoms with Gasteiger partial charge in [-0.15, -0.1) is 11.3 Å². The molecule has 1 aliphatic carbocycles. The molecule has 4 rings (SSSR count). The molecule has 0 saturated heterocycles. The molecule has 0 saturated carbocycles. The van der Waals surface area contributed by atoms with Crippen LogP contribution in [0.25, 0.3) is 0 Å². The SMILES string of the molecule is CCOC(=O)c1c(NC(=O)C(=O)N/N=C(\C)c2ccc(OCc3c(F)cccc3Cl)cc2)sc2c1CCC2. The Kier molecular flexibility index (Phi) is 8.75.